The fraction of sp³-hybridized carbons (Fsp3) is 0.160. The third kappa shape index (κ3) is 6.55. The number of nitrogens with one attached hydrogen (secondary N) is 2. The number of rotatable bonds is 9. The second-order valence-corrected chi connectivity index (χ2v) is 7.07. The molecule has 0 bridgehead atoms. The van der Waals surface area contributed by atoms with Crippen molar-refractivity contribution in [2.45, 2.75) is 6.54 Å². The van der Waals surface area contributed by atoms with Gasteiger partial charge in [0.2, 0.25) is 0 Å². The molecule has 176 valence electrons. The first-order valence-electron chi connectivity index (χ1n) is 10.2. The van der Waals surface area contributed by atoms with Crippen LogP contribution in [0.3, 0.4) is 0 Å². The van der Waals surface area contributed by atoms with Gasteiger partial charge in [0.05, 0.1) is 14.2 Å². The lowest BCUT2D eigenvalue weighted by molar-refractivity contribution is -0.142. The molecule has 2 N–H and O–H groups in total. The van der Waals surface area contributed by atoms with Crippen molar-refractivity contribution >= 4 is 23.5 Å². The third-order valence-electron chi connectivity index (χ3n) is 4.74. The fourth-order valence-corrected chi connectivity index (χ4v) is 2.97. The summed E-state index contributed by atoms with van der Waals surface area (Å²) in [4.78, 5) is 36.2. The van der Waals surface area contributed by atoms with Crippen LogP contribution in [0, 0.1) is 5.82 Å². The van der Waals surface area contributed by atoms with Crippen LogP contribution in [0.15, 0.2) is 66.7 Å². The topological polar surface area (TPSA) is 103 Å². The van der Waals surface area contributed by atoms with Crippen LogP contribution in [0.4, 0.5) is 10.1 Å². The number of hydrogen-bond donors (Lipinski definition) is 2. The molecule has 0 spiro atoms. The molecule has 0 aliphatic carbocycles. The van der Waals surface area contributed by atoms with Crippen molar-refractivity contribution in [2.75, 3.05) is 26.1 Å². The second-order valence-electron chi connectivity index (χ2n) is 7.07. The number of anilines is 1. The smallest absolute Gasteiger partial charge is 0.343 e. The molecule has 3 rings (SSSR count). The predicted octanol–water partition coefficient (Wildman–Crippen LogP) is 3.57. The monoisotopic (exact) mass is 466 g/mol. The van der Waals surface area contributed by atoms with Crippen LogP contribution in [0.2, 0.25) is 0 Å². The number of benzene rings is 3. The Morgan fingerprint density at radius 1 is 0.853 bits per heavy atom. The van der Waals surface area contributed by atoms with Gasteiger partial charge < -0.3 is 24.8 Å². The Labute approximate surface area is 195 Å². The summed E-state index contributed by atoms with van der Waals surface area (Å²) in [7, 11) is 2.68. The van der Waals surface area contributed by atoms with Crippen LogP contribution in [0.1, 0.15) is 26.3 Å². The van der Waals surface area contributed by atoms with Crippen molar-refractivity contribution in [3.05, 3.63) is 89.2 Å². The predicted molar refractivity (Wildman–Crippen MR) is 122 cm³/mol. The summed E-state index contributed by atoms with van der Waals surface area (Å²) >= 11 is 0. The summed E-state index contributed by atoms with van der Waals surface area (Å²) < 4.78 is 28.2. The number of amides is 2. The molecule has 9 heteroatoms. The molecule has 3 aromatic carbocycles. The van der Waals surface area contributed by atoms with E-state index in [2.05, 4.69) is 15.4 Å². The average molecular weight is 466 g/mol. The van der Waals surface area contributed by atoms with Crippen LogP contribution < -0.4 is 20.1 Å². The van der Waals surface area contributed by atoms with Gasteiger partial charge in [0.1, 0.15) is 5.82 Å². The van der Waals surface area contributed by atoms with Gasteiger partial charge in [-0.3, -0.25) is 9.59 Å². The van der Waals surface area contributed by atoms with Crippen molar-refractivity contribution in [1.29, 1.82) is 0 Å². The number of methoxy groups -OCH3 is 2. The number of carbonyl (C=O) groups is 3. The lowest BCUT2D eigenvalue weighted by Gasteiger charge is -2.12. The molecule has 3 aromatic rings. The summed E-state index contributed by atoms with van der Waals surface area (Å²) in [5, 5.41) is 5.55. The number of esters is 1. The van der Waals surface area contributed by atoms with Crippen LogP contribution >= 0.6 is 0 Å². The SMILES string of the molecule is COC(=O)COc1ccc(C(=O)NCc2cccc(NC(=O)c3ccc(F)cc3)c2)cc1OC. The molecule has 0 unspecified atom stereocenters. The van der Waals surface area contributed by atoms with Crippen LogP contribution in [0.5, 0.6) is 11.5 Å². The standard InChI is InChI=1S/C25H23FN2O6/c1-32-22-13-18(8-11-21(22)34-15-23(29)33-2)24(30)27-14-16-4-3-5-20(12-16)28-25(31)17-6-9-19(26)10-7-17/h3-13H,14-15H2,1-2H3,(H,27,30)(H,28,31). The summed E-state index contributed by atoms with van der Waals surface area (Å²) in [6.07, 6.45) is 0. The quantitative estimate of drug-likeness (QED) is 0.468. The van der Waals surface area contributed by atoms with Crippen molar-refractivity contribution in [1.82, 2.24) is 5.32 Å². The van der Waals surface area contributed by atoms with Gasteiger partial charge in [-0.2, -0.15) is 0 Å². The number of halogens is 1. The molecular weight excluding hydrogens is 443 g/mol. The van der Waals surface area contributed by atoms with Gasteiger partial charge in [-0.15, -0.1) is 0 Å². The van der Waals surface area contributed by atoms with E-state index in [1.54, 1.807) is 30.3 Å². The molecule has 0 aliphatic rings. The molecule has 8 nitrogen and oxygen atoms in total. The van der Waals surface area contributed by atoms with Gasteiger partial charge in [0.15, 0.2) is 18.1 Å². The average Bonchev–Trinajstić information content (AvgIpc) is 2.86. The number of hydrogen-bond acceptors (Lipinski definition) is 6. The molecule has 0 aliphatic heterocycles. The highest BCUT2D eigenvalue weighted by Gasteiger charge is 2.13. The largest absolute Gasteiger partial charge is 0.493 e. The van der Waals surface area contributed by atoms with E-state index in [0.29, 0.717) is 28.3 Å². The second kappa shape index (κ2) is 11.5. The number of carbonyl (C=O) groups excluding carboxylic acids is 3. The minimum atomic E-state index is -0.542. The van der Waals surface area contributed by atoms with E-state index in [1.807, 2.05) is 0 Å². The van der Waals surface area contributed by atoms with Crippen molar-refractivity contribution in [3.63, 3.8) is 0 Å². The molecule has 0 saturated heterocycles. The van der Waals surface area contributed by atoms with Gasteiger partial charge in [-0.05, 0) is 60.2 Å². The first kappa shape index (κ1) is 24.2. The maximum atomic E-state index is 13.0. The fourth-order valence-electron chi connectivity index (χ4n) is 2.97. The van der Waals surface area contributed by atoms with Gasteiger partial charge in [0, 0.05) is 23.4 Å². The highest BCUT2D eigenvalue weighted by atomic mass is 19.1. The van der Waals surface area contributed by atoms with Crippen LogP contribution in [0.25, 0.3) is 0 Å². The maximum absolute atomic E-state index is 13.0. The van der Waals surface area contributed by atoms with Crippen molar-refractivity contribution in [3.8, 4) is 11.5 Å². The maximum Gasteiger partial charge on any atom is 0.343 e. The zero-order chi connectivity index (χ0) is 24.5. The van der Waals surface area contributed by atoms with E-state index in [1.165, 1.54) is 50.6 Å². The minimum absolute atomic E-state index is 0.210. The van der Waals surface area contributed by atoms with Gasteiger partial charge in [0.25, 0.3) is 11.8 Å². The molecule has 0 heterocycles. The molecule has 0 aromatic heterocycles. The minimum Gasteiger partial charge on any atom is -0.493 e. The Hall–Kier alpha value is -4.40. The Morgan fingerprint density at radius 3 is 2.29 bits per heavy atom. The lowest BCUT2D eigenvalue weighted by atomic mass is 10.1. The Morgan fingerprint density at radius 2 is 1.59 bits per heavy atom. The molecule has 0 saturated carbocycles. The van der Waals surface area contributed by atoms with Crippen molar-refractivity contribution in [2.24, 2.45) is 0 Å². The molecule has 2 amide bonds. The van der Waals surface area contributed by atoms with E-state index in [-0.39, 0.29) is 25.0 Å². The molecule has 34 heavy (non-hydrogen) atoms. The lowest BCUT2D eigenvalue weighted by Crippen LogP contribution is -2.23. The highest BCUT2D eigenvalue weighted by molar-refractivity contribution is 6.04. The zero-order valence-electron chi connectivity index (χ0n) is 18.6. The van der Waals surface area contributed by atoms with Crippen LogP contribution in [-0.2, 0) is 16.1 Å². The van der Waals surface area contributed by atoms with Crippen molar-refractivity contribution < 1.29 is 33.0 Å². The van der Waals surface area contributed by atoms with E-state index in [9.17, 15) is 18.8 Å². The first-order chi connectivity index (χ1) is 16.4. The van der Waals surface area contributed by atoms with E-state index < -0.39 is 11.8 Å². The molecule has 0 atom stereocenters. The highest BCUT2D eigenvalue weighted by Crippen LogP contribution is 2.28. The van der Waals surface area contributed by atoms with Gasteiger partial charge in [-0.1, -0.05) is 12.1 Å². The third-order valence-corrected chi connectivity index (χ3v) is 4.74. The Bertz CT molecular complexity index is 1180. The van der Waals surface area contributed by atoms with E-state index in [4.69, 9.17) is 9.47 Å². The summed E-state index contributed by atoms with van der Waals surface area (Å²) in [6, 6.07) is 16.8. The molecule has 0 radical (unpaired) electrons. The summed E-state index contributed by atoms with van der Waals surface area (Å²) in [5.74, 6) is -1.09. The molecular formula is C25H23FN2O6. The van der Waals surface area contributed by atoms with E-state index in [0.717, 1.165) is 5.56 Å². The van der Waals surface area contributed by atoms with E-state index >= 15 is 0 Å². The van der Waals surface area contributed by atoms with Crippen LogP contribution in [-0.4, -0.2) is 38.6 Å². The molecule has 0 fully saturated rings. The first-order valence-corrected chi connectivity index (χ1v) is 10.2. The summed E-state index contributed by atoms with van der Waals surface area (Å²) in [6.45, 7) is -0.0750. The Balaban J connectivity index is 1.60. The Kier molecular flexibility index (Phi) is 8.17. The zero-order valence-corrected chi connectivity index (χ0v) is 18.6. The number of ether oxygens (including phenoxy) is 3. The summed E-state index contributed by atoms with van der Waals surface area (Å²) in [5.41, 5.74) is 1.96. The van der Waals surface area contributed by atoms with Gasteiger partial charge >= 0.3 is 5.97 Å². The normalized spacial score (nSPS) is 10.2. The van der Waals surface area contributed by atoms with Gasteiger partial charge in [-0.25, -0.2) is 9.18 Å².